The Kier molecular flexibility index (Phi) is 4.37. The number of hydrogen-bond donors (Lipinski definition) is 1. The maximum absolute atomic E-state index is 12.2. The van der Waals surface area contributed by atoms with Crippen LogP contribution in [0.3, 0.4) is 0 Å². The van der Waals surface area contributed by atoms with E-state index in [0.717, 1.165) is 23.8 Å². The van der Waals surface area contributed by atoms with Gasteiger partial charge in [-0.25, -0.2) is 4.79 Å². The summed E-state index contributed by atoms with van der Waals surface area (Å²) in [7, 11) is 0. The third-order valence-corrected chi connectivity index (χ3v) is 4.31. The Balaban J connectivity index is 1.72. The molecule has 2 aromatic rings. The molecular formula is C18H21NO4. The summed E-state index contributed by atoms with van der Waals surface area (Å²) in [6.07, 6.45) is 3.83. The predicted molar refractivity (Wildman–Crippen MR) is 87.7 cm³/mol. The number of benzene rings is 1. The van der Waals surface area contributed by atoms with Gasteiger partial charge in [0.05, 0.1) is 0 Å². The summed E-state index contributed by atoms with van der Waals surface area (Å²) >= 11 is 0. The molecule has 0 radical (unpaired) electrons. The van der Waals surface area contributed by atoms with Crippen LogP contribution < -0.4 is 15.7 Å². The van der Waals surface area contributed by atoms with Gasteiger partial charge in [0.1, 0.15) is 11.3 Å². The molecule has 1 saturated carbocycles. The maximum atomic E-state index is 12.2. The van der Waals surface area contributed by atoms with Gasteiger partial charge in [-0.05, 0) is 44.4 Å². The number of rotatable bonds is 4. The summed E-state index contributed by atoms with van der Waals surface area (Å²) in [5.41, 5.74) is 0.935. The summed E-state index contributed by atoms with van der Waals surface area (Å²) < 4.78 is 10.9. The van der Waals surface area contributed by atoms with E-state index < -0.39 is 6.10 Å². The molecule has 1 aliphatic carbocycles. The highest BCUT2D eigenvalue weighted by atomic mass is 16.5. The topological polar surface area (TPSA) is 68.5 Å². The normalized spacial score (nSPS) is 16.4. The molecule has 23 heavy (non-hydrogen) atoms. The lowest BCUT2D eigenvalue weighted by atomic mass is 10.1. The average Bonchev–Trinajstić information content (AvgIpc) is 2.99. The molecule has 0 spiro atoms. The van der Waals surface area contributed by atoms with Crippen molar-refractivity contribution in [2.75, 3.05) is 0 Å². The number of hydrogen-bond acceptors (Lipinski definition) is 4. The fourth-order valence-corrected chi connectivity index (χ4v) is 3.02. The highest BCUT2D eigenvalue weighted by molar-refractivity contribution is 5.82. The fourth-order valence-electron chi connectivity index (χ4n) is 3.02. The molecule has 0 saturated heterocycles. The minimum absolute atomic E-state index is 0.109. The van der Waals surface area contributed by atoms with Crippen molar-refractivity contribution in [1.82, 2.24) is 5.32 Å². The van der Waals surface area contributed by atoms with Crippen molar-refractivity contribution in [3.05, 3.63) is 40.2 Å². The van der Waals surface area contributed by atoms with Crippen molar-refractivity contribution in [2.45, 2.75) is 51.7 Å². The average molecular weight is 315 g/mol. The molecule has 0 bridgehead atoms. The number of aryl methyl sites for hydroxylation is 1. The first-order valence-electron chi connectivity index (χ1n) is 8.04. The van der Waals surface area contributed by atoms with Gasteiger partial charge in [0.15, 0.2) is 6.10 Å². The Morgan fingerprint density at radius 3 is 2.78 bits per heavy atom. The van der Waals surface area contributed by atoms with Crippen LogP contribution in [0.5, 0.6) is 5.75 Å². The van der Waals surface area contributed by atoms with Crippen molar-refractivity contribution in [3.63, 3.8) is 0 Å². The van der Waals surface area contributed by atoms with E-state index in [1.165, 1.54) is 18.9 Å². The minimum atomic E-state index is -0.593. The molecule has 0 unspecified atom stereocenters. The largest absolute Gasteiger partial charge is 0.481 e. The second-order valence-electron chi connectivity index (χ2n) is 6.16. The van der Waals surface area contributed by atoms with E-state index >= 15 is 0 Å². The molecule has 1 fully saturated rings. The summed E-state index contributed by atoms with van der Waals surface area (Å²) in [5.74, 6) is 0.406. The van der Waals surface area contributed by atoms with Crippen LogP contribution >= 0.6 is 0 Å². The Labute approximate surface area is 134 Å². The van der Waals surface area contributed by atoms with Crippen LogP contribution in [0, 0.1) is 6.92 Å². The zero-order valence-corrected chi connectivity index (χ0v) is 13.4. The predicted octanol–water partition coefficient (Wildman–Crippen LogP) is 2.93. The lowest BCUT2D eigenvalue weighted by Gasteiger charge is -2.18. The highest BCUT2D eigenvalue weighted by Gasteiger charge is 2.21. The molecule has 122 valence electrons. The van der Waals surface area contributed by atoms with Gasteiger partial charge in [-0.3, -0.25) is 4.79 Å². The number of amides is 1. The summed E-state index contributed by atoms with van der Waals surface area (Å²) in [6.45, 7) is 3.58. The lowest BCUT2D eigenvalue weighted by Crippen LogP contribution is -2.41. The van der Waals surface area contributed by atoms with Crippen LogP contribution in [0.15, 0.2) is 33.5 Å². The number of nitrogens with one attached hydrogen (secondary N) is 1. The summed E-state index contributed by atoms with van der Waals surface area (Å²) in [6, 6.07) is 7.01. The molecule has 1 aromatic heterocycles. The van der Waals surface area contributed by atoms with Crippen molar-refractivity contribution in [3.8, 4) is 5.75 Å². The van der Waals surface area contributed by atoms with Crippen molar-refractivity contribution in [2.24, 2.45) is 0 Å². The third kappa shape index (κ3) is 3.55. The van der Waals surface area contributed by atoms with Gasteiger partial charge in [0, 0.05) is 23.6 Å². The standard InChI is InChI=1S/C18H21NO4/c1-11-9-17(20)23-16-10-14(7-8-15(11)16)22-12(2)18(21)19-13-5-3-4-6-13/h7-10,12-13H,3-6H2,1-2H3,(H,19,21)/t12-/m0/s1. The molecule has 1 amide bonds. The number of fused-ring (bicyclic) bond motifs is 1. The Morgan fingerprint density at radius 2 is 2.04 bits per heavy atom. The quantitative estimate of drug-likeness (QED) is 0.881. The molecule has 1 N–H and O–H groups in total. The molecule has 5 nitrogen and oxygen atoms in total. The van der Waals surface area contributed by atoms with Gasteiger partial charge < -0.3 is 14.5 Å². The molecule has 1 aromatic carbocycles. The summed E-state index contributed by atoms with van der Waals surface area (Å²) in [5, 5.41) is 3.88. The van der Waals surface area contributed by atoms with Gasteiger partial charge >= 0.3 is 5.63 Å². The van der Waals surface area contributed by atoms with Crippen LogP contribution in [0.25, 0.3) is 11.0 Å². The fraction of sp³-hybridized carbons (Fsp3) is 0.444. The van der Waals surface area contributed by atoms with Crippen molar-refractivity contribution >= 4 is 16.9 Å². The van der Waals surface area contributed by atoms with Gasteiger partial charge in [-0.2, -0.15) is 0 Å². The van der Waals surface area contributed by atoms with Crippen LogP contribution in [0.1, 0.15) is 38.2 Å². The Hall–Kier alpha value is -2.30. The van der Waals surface area contributed by atoms with Crippen LogP contribution in [-0.4, -0.2) is 18.1 Å². The smallest absolute Gasteiger partial charge is 0.336 e. The Bertz CT molecular complexity index is 774. The first-order chi connectivity index (χ1) is 11.0. The van der Waals surface area contributed by atoms with Gasteiger partial charge in [-0.1, -0.05) is 12.8 Å². The summed E-state index contributed by atoms with van der Waals surface area (Å²) in [4.78, 5) is 23.6. The van der Waals surface area contributed by atoms with Crippen molar-refractivity contribution in [1.29, 1.82) is 0 Å². The van der Waals surface area contributed by atoms with Crippen molar-refractivity contribution < 1.29 is 13.9 Å². The molecule has 1 heterocycles. The minimum Gasteiger partial charge on any atom is -0.481 e. The lowest BCUT2D eigenvalue weighted by molar-refractivity contribution is -0.127. The van der Waals surface area contributed by atoms with E-state index in [2.05, 4.69) is 5.32 Å². The zero-order chi connectivity index (χ0) is 16.4. The van der Waals surface area contributed by atoms with Gasteiger partial charge in [0.25, 0.3) is 5.91 Å². The second-order valence-corrected chi connectivity index (χ2v) is 6.16. The van der Waals surface area contributed by atoms with E-state index in [4.69, 9.17) is 9.15 Å². The second kappa shape index (κ2) is 6.44. The van der Waals surface area contributed by atoms with Crippen LogP contribution in [0.4, 0.5) is 0 Å². The van der Waals surface area contributed by atoms with Gasteiger partial charge in [0.2, 0.25) is 0 Å². The number of carbonyl (C=O) groups excluding carboxylic acids is 1. The van der Waals surface area contributed by atoms with E-state index in [1.807, 2.05) is 13.0 Å². The van der Waals surface area contributed by atoms with Crippen LogP contribution in [0.2, 0.25) is 0 Å². The van der Waals surface area contributed by atoms with E-state index in [0.29, 0.717) is 11.3 Å². The molecule has 0 aliphatic heterocycles. The van der Waals surface area contributed by atoms with E-state index in [9.17, 15) is 9.59 Å². The van der Waals surface area contributed by atoms with Crippen LogP contribution in [-0.2, 0) is 4.79 Å². The Morgan fingerprint density at radius 1 is 1.30 bits per heavy atom. The highest BCUT2D eigenvalue weighted by Crippen LogP contribution is 2.23. The zero-order valence-electron chi connectivity index (χ0n) is 13.4. The number of ether oxygens (including phenoxy) is 1. The number of carbonyl (C=O) groups is 1. The molecule has 5 heteroatoms. The first-order valence-corrected chi connectivity index (χ1v) is 8.04. The molecule has 1 atom stereocenters. The third-order valence-electron chi connectivity index (χ3n) is 4.31. The maximum Gasteiger partial charge on any atom is 0.336 e. The van der Waals surface area contributed by atoms with E-state index in [1.54, 1.807) is 19.1 Å². The SMILES string of the molecule is Cc1cc(=O)oc2cc(O[C@@H](C)C(=O)NC3CCCC3)ccc12. The first kappa shape index (κ1) is 15.6. The molecule has 1 aliphatic rings. The molecule has 3 rings (SSSR count). The van der Waals surface area contributed by atoms with E-state index in [-0.39, 0.29) is 17.6 Å². The van der Waals surface area contributed by atoms with Gasteiger partial charge in [-0.15, -0.1) is 0 Å². The monoisotopic (exact) mass is 315 g/mol. The molecular weight excluding hydrogens is 294 g/mol.